The van der Waals surface area contributed by atoms with Crippen molar-refractivity contribution in [1.82, 2.24) is 0 Å². The number of methoxy groups -OCH3 is 2. The molecule has 0 N–H and O–H groups in total. The summed E-state index contributed by atoms with van der Waals surface area (Å²) in [6.45, 7) is 8.46. The second-order valence-electron chi connectivity index (χ2n) is 12.4. The van der Waals surface area contributed by atoms with Crippen LogP contribution in [-0.4, -0.2) is 42.3 Å². The molecule has 0 unspecified atom stereocenters. The quantitative estimate of drug-likeness (QED) is 0.107. The van der Waals surface area contributed by atoms with Crippen LogP contribution in [0.5, 0.6) is 0 Å². The Kier molecular flexibility index (Phi) is 10.3. The SMILES string of the molecule is COC(=O)c1c(C(=O)OC)c([Si](C)(C)C#Cc2ccccc2)c(-c2ccccc2)c(-c2ccccc2)c1[Si](C)(C)C#Cc1ccccc1. The molecule has 0 spiro atoms. The third-order valence-electron chi connectivity index (χ3n) is 8.24. The highest BCUT2D eigenvalue weighted by Crippen LogP contribution is 2.36. The summed E-state index contributed by atoms with van der Waals surface area (Å²) >= 11 is 0. The summed E-state index contributed by atoms with van der Waals surface area (Å²) < 4.78 is 11.0. The zero-order valence-electron chi connectivity index (χ0n) is 28.2. The summed E-state index contributed by atoms with van der Waals surface area (Å²) in [6.07, 6.45) is 0. The molecule has 4 nitrogen and oxygen atoms in total. The van der Waals surface area contributed by atoms with Gasteiger partial charge in [-0.1, -0.05) is 135 Å². The first-order valence-corrected chi connectivity index (χ1v) is 21.8. The molecule has 0 aromatic heterocycles. The molecular formula is C42H38O4Si2. The van der Waals surface area contributed by atoms with E-state index in [4.69, 9.17) is 9.47 Å². The Hall–Kier alpha value is -5.41. The number of rotatable bonds is 6. The van der Waals surface area contributed by atoms with Crippen LogP contribution in [0.4, 0.5) is 0 Å². The molecule has 0 amide bonds. The lowest BCUT2D eigenvalue weighted by Gasteiger charge is -2.33. The van der Waals surface area contributed by atoms with Crippen LogP contribution in [0.2, 0.25) is 26.2 Å². The van der Waals surface area contributed by atoms with Crippen LogP contribution in [0.3, 0.4) is 0 Å². The number of carbonyl (C=O) groups is 2. The molecule has 6 heteroatoms. The lowest BCUT2D eigenvalue weighted by Crippen LogP contribution is -2.53. The molecule has 0 aliphatic carbocycles. The average molecular weight is 663 g/mol. The summed E-state index contributed by atoms with van der Waals surface area (Å²) in [6, 6.07) is 39.7. The maximum atomic E-state index is 14.2. The molecule has 5 aromatic carbocycles. The van der Waals surface area contributed by atoms with Gasteiger partial charge in [0.2, 0.25) is 0 Å². The minimum Gasteiger partial charge on any atom is -0.465 e. The summed E-state index contributed by atoms with van der Waals surface area (Å²) in [5.74, 6) is 5.55. The Labute approximate surface area is 285 Å². The van der Waals surface area contributed by atoms with Crippen LogP contribution >= 0.6 is 0 Å². The maximum Gasteiger partial charge on any atom is 0.338 e. The van der Waals surface area contributed by atoms with E-state index in [9.17, 15) is 9.59 Å². The zero-order valence-corrected chi connectivity index (χ0v) is 30.2. The van der Waals surface area contributed by atoms with E-state index in [0.29, 0.717) is 0 Å². The van der Waals surface area contributed by atoms with Crippen molar-refractivity contribution in [2.45, 2.75) is 26.2 Å². The molecule has 0 atom stereocenters. The molecule has 0 heterocycles. The van der Waals surface area contributed by atoms with Crippen molar-refractivity contribution in [2.75, 3.05) is 14.2 Å². The van der Waals surface area contributed by atoms with Crippen molar-refractivity contribution in [2.24, 2.45) is 0 Å². The van der Waals surface area contributed by atoms with Crippen LogP contribution in [0.1, 0.15) is 31.8 Å². The van der Waals surface area contributed by atoms with Crippen molar-refractivity contribution in [3.8, 4) is 45.2 Å². The van der Waals surface area contributed by atoms with Crippen molar-refractivity contribution in [3.63, 3.8) is 0 Å². The zero-order chi connectivity index (χ0) is 34.3. The monoisotopic (exact) mass is 662 g/mol. The Balaban J connectivity index is 2.05. The molecule has 0 saturated carbocycles. The Morgan fingerprint density at radius 3 is 1.06 bits per heavy atom. The Morgan fingerprint density at radius 2 is 0.771 bits per heavy atom. The first-order chi connectivity index (χ1) is 23.1. The van der Waals surface area contributed by atoms with Crippen LogP contribution in [0.15, 0.2) is 121 Å². The standard InChI is InChI=1S/C42H38O4Si2/c1-45-41(43)37-38(42(44)46-2)40(48(5,6)30-28-32-21-13-8-14-22-32)36(34-25-17-10-18-26-34)35(33-23-15-9-16-24-33)39(37)47(3,4)29-27-31-19-11-7-12-20-31/h7-26H,1-6H3. The van der Waals surface area contributed by atoms with E-state index in [1.165, 1.54) is 14.2 Å². The first-order valence-electron chi connectivity index (χ1n) is 15.8. The summed E-state index contributed by atoms with van der Waals surface area (Å²) in [5.41, 5.74) is 12.9. The normalized spacial score (nSPS) is 11.0. The third-order valence-corrected chi connectivity index (χ3v) is 13.2. The van der Waals surface area contributed by atoms with Gasteiger partial charge in [-0.25, -0.2) is 9.59 Å². The second-order valence-corrected chi connectivity index (χ2v) is 20.4. The Morgan fingerprint density at radius 1 is 0.479 bits per heavy atom. The van der Waals surface area contributed by atoms with Crippen LogP contribution in [0, 0.1) is 22.9 Å². The van der Waals surface area contributed by atoms with E-state index in [2.05, 4.69) is 49.1 Å². The van der Waals surface area contributed by atoms with Crippen molar-refractivity contribution in [1.29, 1.82) is 0 Å². The molecular weight excluding hydrogens is 625 g/mol. The van der Waals surface area contributed by atoms with Crippen molar-refractivity contribution < 1.29 is 19.1 Å². The number of ether oxygens (including phenoxy) is 2. The highest BCUT2D eigenvalue weighted by Gasteiger charge is 2.43. The van der Waals surface area contributed by atoms with E-state index in [0.717, 1.165) is 43.8 Å². The van der Waals surface area contributed by atoms with Gasteiger partial charge in [0.25, 0.3) is 0 Å². The Bertz CT molecular complexity index is 1910. The van der Waals surface area contributed by atoms with E-state index in [1.54, 1.807) is 0 Å². The molecule has 238 valence electrons. The van der Waals surface area contributed by atoms with Crippen LogP contribution in [-0.2, 0) is 9.47 Å². The molecule has 0 bridgehead atoms. The number of benzene rings is 5. The number of carbonyl (C=O) groups excluding carboxylic acids is 2. The molecule has 0 aliphatic rings. The predicted molar refractivity (Wildman–Crippen MR) is 201 cm³/mol. The van der Waals surface area contributed by atoms with Gasteiger partial charge in [-0.2, -0.15) is 0 Å². The van der Waals surface area contributed by atoms with Gasteiger partial charge in [-0.3, -0.25) is 0 Å². The fraction of sp³-hybridized carbons (Fsp3) is 0.143. The smallest absolute Gasteiger partial charge is 0.338 e. The average Bonchev–Trinajstić information content (AvgIpc) is 3.13. The summed E-state index contributed by atoms with van der Waals surface area (Å²) in [7, 11) is -3.12. The fourth-order valence-electron chi connectivity index (χ4n) is 6.02. The van der Waals surface area contributed by atoms with E-state index in [1.807, 2.05) is 121 Å². The molecule has 0 aliphatic heterocycles. The number of hydrogen-bond acceptors (Lipinski definition) is 4. The van der Waals surface area contributed by atoms with Gasteiger partial charge < -0.3 is 9.47 Å². The number of hydrogen-bond donors (Lipinski definition) is 0. The topological polar surface area (TPSA) is 52.6 Å². The fourth-order valence-corrected chi connectivity index (χ4v) is 10.7. The van der Waals surface area contributed by atoms with E-state index < -0.39 is 28.1 Å². The highest BCUT2D eigenvalue weighted by atomic mass is 28.3. The van der Waals surface area contributed by atoms with Crippen LogP contribution in [0.25, 0.3) is 22.3 Å². The molecule has 0 saturated heterocycles. The minimum absolute atomic E-state index is 0.207. The molecule has 0 radical (unpaired) electrons. The van der Waals surface area contributed by atoms with Crippen molar-refractivity contribution >= 4 is 38.5 Å². The third kappa shape index (κ3) is 7.11. The van der Waals surface area contributed by atoms with Gasteiger partial charge in [-0.15, -0.1) is 11.1 Å². The van der Waals surface area contributed by atoms with Gasteiger partial charge in [0.1, 0.15) is 0 Å². The predicted octanol–water partition coefficient (Wildman–Crippen LogP) is 7.61. The van der Waals surface area contributed by atoms with E-state index in [-0.39, 0.29) is 11.1 Å². The molecule has 0 fully saturated rings. The van der Waals surface area contributed by atoms with Crippen LogP contribution < -0.4 is 10.4 Å². The first kappa shape index (κ1) is 33.9. The lowest BCUT2D eigenvalue weighted by atomic mass is 9.89. The van der Waals surface area contributed by atoms with Gasteiger partial charge in [0, 0.05) is 11.1 Å². The van der Waals surface area contributed by atoms with Gasteiger partial charge in [-0.05, 0) is 56.9 Å². The molecule has 5 aromatic rings. The molecule has 48 heavy (non-hydrogen) atoms. The second kappa shape index (κ2) is 14.6. The maximum absolute atomic E-state index is 14.2. The lowest BCUT2D eigenvalue weighted by molar-refractivity contribution is 0.0557. The largest absolute Gasteiger partial charge is 0.465 e. The number of esters is 2. The molecule has 5 rings (SSSR count). The summed E-state index contributed by atoms with van der Waals surface area (Å²) in [5, 5.41) is 1.46. The highest BCUT2D eigenvalue weighted by molar-refractivity contribution is 7.00. The van der Waals surface area contributed by atoms with Crippen molar-refractivity contribution in [3.05, 3.63) is 144 Å². The van der Waals surface area contributed by atoms with Gasteiger partial charge in [0.05, 0.1) is 25.3 Å². The van der Waals surface area contributed by atoms with Gasteiger partial charge >= 0.3 is 11.9 Å². The van der Waals surface area contributed by atoms with E-state index >= 15 is 0 Å². The minimum atomic E-state index is -2.91. The summed E-state index contributed by atoms with van der Waals surface area (Å²) in [4.78, 5) is 28.4. The van der Waals surface area contributed by atoms with Gasteiger partial charge in [0.15, 0.2) is 16.1 Å².